The molecule has 4 heterocycles. The van der Waals surface area contributed by atoms with Crippen molar-refractivity contribution >= 4 is 22.8 Å². The first kappa shape index (κ1) is 20.9. The molecule has 1 aliphatic carbocycles. The second kappa shape index (κ2) is 8.00. The number of nitrogens with zero attached hydrogens (tertiary/aromatic N) is 6. The lowest BCUT2D eigenvalue weighted by Crippen LogP contribution is -2.32. The molecule has 1 fully saturated rings. The van der Waals surface area contributed by atoms with Gasteiger partial charge in [-0.05, 0) is 43.5 Å². The molecule has 0 atom stereocenters. The molecule has 3 aromatic heterocycles. The number of nitrogens with two attached hydrogens (primary N) is 1. The number of nitrogen functional groups attached to an aromatic ring is 1. The fourth-order valence-corrected chi connectivity index (χ4v) is 5.36. The second-order valence-electron chi connectivity index (χ2n) is 9.17. The van der Waals surface area contributed by atoms with E-state index >= 15 is 4.39 Å². The van der Waals surface area contributed by atoms with Crippen LogP contribution in [0.15, 0.2) is 30.5 Å². The first-order valence-corrected chi connectivity index (χ1v) is 11.7. The molecule has 4 aromatic rings. The number of fused-ring (bicyclic) bond motifs is 2. The predicted molar refractivity (Wildman–Crippen MR) is 126 cm³/mol. The quantitative estimate of drug-likeness (QED) is 0.475. The van der Waals surface area contributed by atoms with Crippen molar-refractivity contribution < 1.29 is 8.78 Å². The van der Waals surface area contributed by atoms with Gasteiger partial charge in [-0.2, -0.15) is 0 Å². The van der Waals surface area contributed by atoms with Crippen LogP contribution < -0.4 is 10.6 Å². The van der Waals surface area contributed by atoms with Crippen molar-refractivity contribution in [3.8, 4) is 11.3 Å². The predicted octanol–water partition coefficient (Wildman–Crippen LogP) is 4.73. The Morgan fingerprint density at radius 3 is 2.68 bits per heavy atom. The third-order valence-corrected chi connectivity index (χ3v) is 6.96. The molecule has 0 spiro atoms. The minimum absolute atomic E-state index is 0.0695. The Hall–Kier alpha value is -3.62. The van der Waals surface area contributed by atoms with E-state index in [0.717, 1.165) is 49.0 Å². The van der Waals surface area contributed by atoms with Gasteiger partial charge in [-0.25, -0.2) is 28.7 Å². The van der Waals surface area contributed by atoms with Gasteiger partial charge in [0.25, 0.3) is 0 Å². The number of anilines is 2. The molecule has 1 aliphatic heterocycles. The molecule has 6 rings (SSSR count). The minimum Gasteiger partial charge on any atom is -0.384 e. The third-order valence-electron chi connectivity index (χ3n) is 6.96. The Labute approximate surface area is 195 Å². The van der Waals surface area contributed by atoms with Crippen LogP contribution in [-0.2, 0) is 13.0 Å². The summed E-state index contributed by atoms with van der Waals surface area (Å²) in [4.78, 5) is 19.7. The topological polar surface area (TPSA) is 85.8 Å². The second-order valence-corrected chi connectivity index (χ2v) is 9.17. The molecular formula is C25H25F2N7. The Balaban J connectivity index is 1.38. The van der Waals surface area contributed by atoms with Crippen molar-refractivity contribution in [2.24, 2.45) is 0 Å². The molecule has 0 bridgehead atoms. The van der Waals surface area contributed by atoms with Crippen LogP contribution in [0.5, 0.6) is 0 Å². The molecule has 0 saturated heterocycles. The number of rotatable bonds is 3. The van der Waals surface area contributed by atoms with Crippen molar-refractivity contribution in [2.75, 3.05) is 17.2 Å². The number of aromatic nitrogens is 5. The Morgan fingerprint density at radius 2 is 1.85 bits per heavy atom. The molecule has 9 heteroatoms. The Morgan fingerprint density at radius 1 is 1.03 bits per heavy atom. The maximum absolute atomic E-state index is 15.4. The fraction of sp³-hybridized carbons (Fsp3) is 0.360. The van der Waals surface area contributed by atoms with E-state index in [1.165, 1.54) is 6.07 Å². The maximum Gasteiger partial charge on any atom is 0.226 e. The summed E-state index contributed by atoms with van der Waals surface area (Å²) >= 11 is 0. The van der Waals surface area contributed by atoms with Gasteiger partial charge in [0.1, 0.15) is 28.7 Å². The van der Waals surface area contributed by atoms with Crippen molar-refractivity contribution in [3.05, 3.63) is 59.2 Å². The summed E-state index contributed by atoms with van der Waals surface area (Å²) in [7, 11) is 0. The number of halogens is 2. The number of hydrogen-bond donors (Lipinski definition) is 1. The first-order valence-electron chi connectivity index (χ1n) is 11.7. The first-order chi connectivity index (χ1) is 16.5. The summed E-state index contributed by atoms with van der Waals surface area (Å²) in [6, 6.07) is 7.07. The standard InChI is InChI=1S/C25H25F2N7/c1-14-30-21-11-16(10-18(26)24(21)34(14)17-4-2-3-5-17)23-19(27)12-29-25(32-23)33-9-8-20-15(13-33)6-7-22(28)31-20/h6-7,10-12,17H,2-5,8-9,13H2,1H3,(H2,28,31). The molecule has 1 saturated carbocycles. The smallest absolute Gasteiger partial charge is 0.226 e. The van der Waals surface area contributed by atoms with Gasteiger partial charge in [0.15, 0.2) is 5.82 Å². The lowest BCUT2D eigenvalue weighted by Gasteiger charge is -2.28. The summed E-state index contributed by atoms with van der Waals surface area (Å²) in [5, 5.41) is 0. The lowest BCUT2D eigenvalue weighted by atomic mass is 10.1. The van der Waals surface area contributed by atoms with Crippen molar-refractivity contribution in [3.63, 3.8) is 0 Å². The van der Waals surface area contributed by atoms with Crippen LogP contribution >= 0.6 is 0 Å². The molecule has 174 valence electrons. The van der Waals surface area contributed by atoms with Crippen molar-refractivity contribution in [1.29, 1.82) is 0 Å². The van der Waals surface area contributed by atoms with Crippen molar-refractivity contribution in [1.82, 2.24) is 24.5 Å². The van der Waals surface area contributed by atoms with Gasteiger partial charge >= 0.3 is 0 Å². The van der Waals surface area contributed by atoms with Crippen LogP contribution in [0.25, 0.3) is 22.3 Å². The Kier molecular flexibility index (Phi) is 4.93. The molecule has 34 heavy (non-hydrogen) atoms. The van der Waals surface area contributed by atoms with E-state index in [0.29, 0.717) is 47.9 Å². The van der Waals surface area contributed by atoms with Gasteiger partial charge in [0.05, 0.1) is 11.7 Å². The molecule has 7 nitrogen and oxygen atoms in total. The molecule has 0 amide bonds. The van der Waals surface area contributed by atoms with Gasteiger partial charge in [-0.1, -0.05) is 18.9 Å². The third kappa shape index (κ3) is 3.46. The fourth-order valence-electron chi connectivity index (χ4n) is 5.36. The summed E-state index contributed by atoms with van der Waals surface area (Å²) in [5.41, 5.74) is 9.23. The van der Waals surface area contributed by atoms with E-state index in [2.05, 4.69) is 19.9 Å². The zero-order valence-electron chi connectivity index (χ0n) is 18.9. The number of imidazole rings is 1. The number of aryl methyl sites for hydroxylation is 1. The average molecular weight is 462 g/mol. The van der Waals surface area contributed by atoms with Crippen LogP contribution in [0.4, 0.5) is 20.5 Å². The SMILES string of the molecule is Cc1nc2cc(-c3nc(N4CCc5nc(N)ccc5C4)ncc3F)cc(F)c2n1C1CCCC1. The summed E-state index contributed by atoms with van der Waals surface area (Å²) in [5.74, 6) is 0.669. The molecule has 1 aromatic carbocycles. The van der Waals surface area contributed by atoms with Crippen molar-refractivity contribution in [2.45, 2.75) is 51.6 Å². The summed E-state index contributed by atoms with van der Waals surface area (Å²) in [6.45, 7) is 3.08. The normalized spacial score (nSPS) is 16.4. The van der Waals surface area contributed by atoms with Crippen LogP contribution in [0.3, 0.4) is 0 Å². The summed E-state index contributed by atoms with van der Waals surface area (Å²) < 4.78 is 32.3. The molecule has 2 aliphatic rings. The van der Waals surface area contributed by atoms with Crippen LogP contribution in [0.1, 0.15) is 48.8 Å². The highest BCUT2D eigenvalue weighted by Gasteiger charge is 2.25. The van der Waals surface area contributed by atoms with E-state index in [1.807, 2.05) is 22.5 Å². The van der Waals surface area contributed by atoms with Crippen LogP contribution in [0, 0.1) is 18.6 Å². The van der Waals surface area contributed by atoms with Crippen LogP contribution in [-0.4, -0.2) is 31.0 Å². The number of pyridine rings is 1. The average Bonchev–Trinajstić information content (AvgIpc) is 3.46. The minimum atomic E-state index is -0.596. The highest BCUT2D eigenvalue weighted by atomic mass is 19.1. The lowest BCUT2D eigenvalue weighted by molar-refractivity contribution is 0.510. The van der Waals surface area contributed by atoms with Gasteiger partial charge in [0.2, 0.25) is 5.95 Å². The highest BCUT2D eigenvalue weighted by Crippen LogP contribution is 2.36. The van der Waals surface area contributed by atoms with Gasteiger partial charge < -0.3 is 15.2 Å². The molecular weight excluding hydrogens is 436 g/mol. The largest absolute Gasteiger partial charge is 0.384 e. The number of hydrogen-bond acceptors (Lipinski definition) is 6. The van der Waals surface area contributed by atoms with Crippen LogP contribution in [0.2, 0.25) is 0 Å². The van der Waals surface area contributed by atoms with Gasteiger partial charge in [0, 0.05) is 36.8 Å². The van der Waals surface area contributed by atoms with E-state index in [4.69, 9.17) is 5.73 Å². The molecule has 2 N–H and O–H groups in total. The molecule has 0 unspecified atom stereocenters. The van der Waals surface area contributed by atoms with E-state index in [9.17, 15) is 4.39 Å². The highest BCUT2D eigenvalue weighted by molar-refractivity contribution is 5.83. The van der Waals surface area contributed by atoms with E-state index < -0.39 is 11.6 Å². The van der Waals surface area contributed by atoms with Gasteiger partial charge in [-0.3, -0.25) is 0 Å². The van der Waals surface area contributed by atoms with E-state index in [-0.39, 0.29) is 11.7 Å². The monoisotopic (exact) mass is 461 g/mol. The number of benzene rings is 1. The summed E-state index contributed by atoms with van der Waals surface area (Å²) in [6.07, 6.45) is 6.18. The maximum atomic E-state index is 15.4. The van der Waals surface area contributed by atoms with E-state index in [1.54, 1.807) is 12.1 Å². The Bertz CT molecular complexity index is 1410. The zero-order chi connectivity index (χ0) is 23.4. The zero-order valence-corrected chi connectivity index (χ0v) is 18.9. The molecule has 0 radical (unpaired) electrons. The van der Waals surface area contributed by atoms with Gasteiger partial charge in [-0.15, -0.1) is 0 Å².